The molecule has 2 aromatic rings. The van der Waals surface area contributed by atoms with Crippen LogP contribution in [-0.4, -0.2) is 47.2 Å². The molecule has 7 nitrogen and oxygen atoms in total. The first kappa shape index (κ1) is 16.1. The van der Waals surface area contributed by atoms with Crippen LogP contribution in [0.1, 0.15) is 23.4 Å². The van der Waals surface area contributed by atoms with E-state index in [0.29, 0.717) is 6.54 Å². The molecule has 1 unspecified atom stereocenters. The van der Waals surface area contributed by atoms with Crippen molar-refractivity contribution in [1.82, 2.24) is 20.3 Å². The molecule has 1 saturated heterocycles. The Hall–Kier alpha value is -2.41. The number of morpholine rings is 1. The summed E-state index contributed by atoms with van der Waals surface area (Å²) in [6.45, 7) is 3.72. The summed E-state index contributed by atoms with van der Waals surface area (Å²) in [6, 6.07) is 4.01. The SMILES string of the molecule is O=C(NCc1ccnc(N2CCOCC2)c1)C1CCc2nc[nH]c2C1. The van der Waals surface area contributed by atoms with E-state index in [2.05, 4.69) is 31.2 Å². The quantitative estimate of drug-likeness (QED) is 0.869. The summed E-state index contributed by atoms with van der Waals surface area (Å²) in [5, 5.41) is 3.08. The molecule has 0 spiro atoms. The zero-order valence-corrected chi connectivity index (χ0v) is 14.2. The summed E-state index contributed by atoms with van der Waals surface area (Å²) in [4.78, 5) is 26.6. The van der Waals surface area contributed by atoms with Gasteiger partial charge in [0.05, 0.1) is 25.2 Å². The molecule has 0 radical (unpaired) electrons. The van der Waals surface area contributed by atoms with E-state index in [1.54, 1.807) is 6.33 Å². The smallest absolute Gasteiger partial charge is 0.223 e. The summed E-state index contributed by atoms with van der Waals surface area (Å²) < 4.78 is 5.38. The fraction of sp³-hybridized carbons (Fsp3) is 0.500. The Morgan fingerprint density at radius 2 is 2.24 bits per heavy atom. The molecular weight excluding hydrogens is 318 g/mol. The Labute approximate surface area is 146 Å². The van der Waals surface area contributed by atoms with Crippen LogP contribution in [0.2, 0.25) is 0 Å². The number of hydrogen-bond acceptors (Lipinski definition) is 5. The number of nitrogens with zero attached hydrogens (tertiary/aromatic N) is 3. The van der Waals surface area contributed by atoms with E-state index in [1.165, 1.54) is 0 Å². The van der Waals surface area contributed by atoms with Gasteiger partial charge in [-0.3, -0.25) is 4.79 Å². The summed E-state index contributed by atoms with van der Waals surface area (Å²) in [5.74, 6) is 1.09. The first-order valence-electron chi connectivity index (χ1n) is 8.86. The maximum atomic E-state index is 12.5. The maximum absolute atomic E-state index is 12.5. The van der Waals surface area contributed by atoms with Crippen LogP contribution in [0.15, 0.2) is 24.7 Å². The van der Waals surface area contributed by atoms with E-state index in [-0.39, 0.29) is 11.8 Å². The van der Waals surface area contributed by atoms with Crippen molar-refractivity contribution in [2.75, 3.05) is 31.2 Å². The Morgan fingerprint density at radius 1 is 1.36 bits per heavy atom. The van der Waals surface area contributed by atoms with Gasteiger partial charge in [0.15, 0.2) is 0 Å². The van der Waals surface area contributed by atoms with E-state index >= 15 is 0 Å². The topological polar surface area (TPSA) is 83.1 Å². The van der Waals surface area contributed by atoms with Gasteiger partial charge in [0.25, 0.3) is 0 Å². The number of amides is 1. The van der Waals surface area contributed by atoms with Crippen LogP contribution in [0.3, 0.4) is 0 Å². The molecule has 2 aliphatic rings. The molecule has 132 valence electrons. The van der Waals surface area contributed by atoms with Crippen molar-refractivity contribution in [1.29, 1.82) is 0 Å². The third kappa shape index (κ3) is 3.66. The van der Waals surface area contributed by atoms with Crippen molar-refractivity contribution in [2.45, 2.75) is 25.8 Å². The molecule has 1 fully saturated rings. The lowest BCUT2D eigenvalue weighted by Crippen LogP contribution is -2.37. The minimum absolute atomic E-state index is 0.0218. The highest BCUT2D eigenvalue weighted by atomic mass is 16.5. The number of imidazole rings is 1. The Bertz CT molecular complexity index is 739. The largest absolute Gasteiger partial charge is 0.378 e. The van der Waals surface area contributed by atoms with Crippen LogP contribution >= 0.6 is 0 Å². The highest BCUT2D eigenvalue weighted by Crippen LogP contribution is 2.23. The van der Waals surface area contributed by atoms with Gasteiger partial charge in [-0.2, -0.15) is 0 Å². The number of carbonyl (C=O) groups is 1. The molecular formula is C18H23N5O2. The molecule has 1 aliphatic carbocycles. The average Bonchev–Trinajstić information content (AvgIpc) is 3.15. The number of aromatic nitrogens is 3. The molecule has 1 aliphatic heterocycles. The second-order valence-electron chi connectivity index (χ2n) is 6.61. The number of carbonyl (C=O) groups excluding carboxylic acids is 1. The molecule has 1 amide bonds. The average molecular weight is 341 g/mol. The fourth-order valence-corrected chi connectivity index (χ4v) is 3.49. The van der Waals surface area contributed by atoms with Gasteiger partial charge in [-0.05, 0) is 30.5 Å². The molecule has 3 heterocycles. The third-order valence-corrected chi connectivity index (χ3v) is 4.97. The summed E-state index contributed by atoms with van der Waals surface area (Å²) in [7, 11) is 0. The number of aryl methyl sites for hydroxylation is 1. The van der Waals surface area contributed by atoms with Gasteiger partial charge in [-0.25, -0.2) is 9.97 Å². The third-order valence-electron chi connectivity index (χ3n) is 4.97. The van der Waals surface area contributed by atoms with Gasteiger partial charge in [0.1, 0.15) is 5.82 Å². The Morgan fingerprint density at radius 3 is 3.12 bits per heavy atom. The molecule has 2 N–H and O–H groups in total. The second kappa shape index (κ2) is 7.23. The Balaban J connectivity index is 1.34. The van der Waals surface area contributed by atoms with Crippen molar-refractivity contribution in [3.63, 3.8) is 0 Å². The number of pyridine rings is 1. The molecule has 0 aromatic carbocycles. The van der Waals surface area contributed by atoms with E-state index in [4.69, 9.17) is 4.74 Å². The lowest BCUT2D eigenvalue weighted by atomic mass is 9.89. The van der Waals surface area contributed by atoms with Crippen LogP contribution in [0.25, 0.3) is 0 Å². The highest BCUT2D eigenvalue weighted by Gasteiger charge is 2.26. The standard InChI is InChI=1S/C18H23N5O2/c24-18(14-1-2-15-16(10-14)22-12-21-15)20-11-13-3-4-19-17(9-13)23-5-7-25-8-6-23/h3-4,9,12,14H,1-2,5-8,10-11H2,(H,20,24)(H,21,22). The van der Waals surface area contributed by atoms with Gasteiger partial charge in [-0.1, -0.05) is 0 Å². The summed E-state index contributed by atoms with van der Waals surface area (Å²) in [5.41, 5.74) is 3.28. The number of aromatic amines is 1. The molecule has 4 rings (SSSR count). The maximum Gasteiger partial charge on any atom is 0.223 e. The molecule has 0 bridgehead atoms. The van der Waals surface area contributed by atoms with E-state index < -0.39 is 0 Å². The monoisotopic (exact) mass is 341 g/mol. The first-order chi connectivity index (χ1) is 12.3. The molecule has 7 heteroatoms. The number of hydrogen-bond donors (Lipinski definition) is 2. The van der Waals surface area contributed by atoms with Crippen LogP contribution < -0.4 is 10.2 Å². The van der Waals surface area contributed by atoms with Crippen LogP contribution in [0.4, 0.5) is 5.82 Å². The van der Waals surface area contributed by atoms with Gasteiger partial charge in [-0.15, -0.1) is 0 Å². The molecule has 1 atom stereocenters. The number of rotatable bonds is 4. The van der Waals surface area contributed by atoms with Crippen molar-refractivity contribution in [3.8, 4) is 0 Å². The predicted octanol–water partition coefficient (Wildman–Crippen LogP) is 1.06. The summed E-state index contributed by atoms with van der Waals surface area (Å²) in [6.07, 6.45) is 6.00. The van der Waals surface area contributed by atoms with Gasteiger partial charge >= 0.3 is 0 Å². The molecule has 2 aromatic heterocycles. The molecule has 0 saturated carbocycles. The van der Waals surface area contributed by atoms with Crippen LogP contribution in [0.5, 0.6) is 0 Å². The van der Waals surface area contributed by atoms with Crippen molar-refractivity contribution < 1.29 is 9.53 Å². The summed E-state index contributed by atoms with van der Waals surface area (Å²) >= 11 is 0. The first-order valence-corrected chi connectivity index (χ1v) is 8.86. The van der Waals surface area contributed by atoms with Crippen LogP contribution in [0, 0.1) is 5.92 Å². The number of nitrogens with one attached hydrogen (secondary N) is 2. The van der Waals surface area contributed by atoms with E-state index in [9.17, 15) is 4.79 Å². The van der Waals surface area contributed by atoms with Gasteiger partial charge < -0.3 is 19.9 Å². The lowest BCUT2D eigenvalue weighted by Gasteiger charge is -2.28. The normalized spacial score (nSPS) is 20.2. The Kier molecular flexibility index (Phi) is 4.65. The number of fused-ring (bicyclic) bond motifs is 1. The number of anilines is 1. The van der Waals surface area contributed by atoms with Crippen molar-refractivity contribution in [2.24, 2.45) is 5.92 Å². The highest BCUT2D eigenvalue weighted by molar-refractivity contribution is 5.79. The van der Waals surface area contributed by atoms with Crippen molar-refractivity contribution in [3.05, 3.63) is 41.6 Å². The van der Waals surface area contributed by atoms with Gasteiger partial charge in [0, 0.05) is 43.9 Å². The fourth-order valence-electron chi connectivity index (χ4n) is 3.49. The lowest BCUT2D eigenvalue weighted by molar-refractivity contribution is -0.125. The van der Waals surface area contributed by atoms with Crippen LogP contribution in [-0.2, 0) is 28.9 Å². The molecule has 25 heavy (non-hydrogen) atoms. The van der Waals surface area contributed by atoms with E-state index in [1.807, 2.05) is 12.3 Å². The van der Waals surface area contributed by atoms with Crippen molar-refractivity contribution >= 4 is 11.7 Å². The predicted molar refractivity (Wildman–Crippen MR) is 93.2 cm³/mol. The number of ether oxygens (including phenoxy) is 1. The minimum Gasteiger partial charge on any atom is -0.378 e. The van der Waals surface area contributed by atoms with E-state index in [0.717, 1.165) is 68.3 Å². The number of H-pyrrole nitrogens is 1. The minimum atomic E-state index is 0.0218. The zero-order valence-electron chi connectivity index (χ0n) is 14.2. The van der Waals surface area contributed by atoms with Gasteiger partial charge in [0.2, 0.25) is 5.91 Å². The zero-order chi connectivity index (χ0) is 17.1. The second-order valence-corrected chi connectivity index (χ2v) is 6.61.